The zero-order valence-corrected chi connectivity index (χ0v) is 22.4. The van der Waals surface area contributed by atoms with Gasteiger partial charge in [0.2, 0.25) is 11.5 Å². The summed E-state index contributed by atoms with van der Waals surface area (Å²) in [4.78, 5) is 50.2. The van der Waals surface area contributed by atoms with Crippen molar-refractivity contribution in [1.82, 2.24) is 25.3 Å². The first-order valence-corrected chi connectivity index (χ1v) is 13.6. The van der Waals surface area contributed by atoms with Crippen LogP contribution in [0.1, 0.15) is 72.9 Å². The number of likely N-dealkylation sites (tertiary alicyclic amines) is 1. The molecule has 0 unspecified atom stereocenters. The van der Waals surface area contributed by atoms with Gasteiger partial charge in [-0.25, -0.2) is 0 Å². The summed E-state index contributed by atoms with van der Waals surface area (Å²) in [5.41, 5.74) is -0.570. The van der Waals surface area contributed by atoms with Crippen molar-refractivity contribution >= 4 is 23.4 Å². The summed E-state index contributed by atoms with van der Waals surface area (Å²) in [6.45, 7) is 5.18. The van der Waals surface area contributed by atoms with Gasteiger partial charge < -0.3 is 20.0 Å². The van der Waals surface area contributed by atoms with Crippen molar-refractivity contribution in [3.63, 3.8) is 0 Å². The molecule has 3 aliphatic rings. The molecular formula is C27H32F3N5O5. The van der Waals surface area contributed by atoms with Gasteiger partial charge in [0.25, 0.3) is 11.8 Å². The summed E-state index contributed by atoms with van der Waals surface area (Å²) in [6, 6.07) is -0.637. The maximum absolute atomic E-state index is 14.4. The van der Waals surface area contributed by atoms with Gasteiger partial charge in [-0.3, -0.25) is 23.9 Å². The van der Waals surface area contributed by atoms with Crippen LogP contribution < -0.4 is 10.6 Å². The van der Waals surface area contributed by atoms with Crippen LogP contribution in [0.4, 0.5) is 13.2 Å². The lowest BCUT2D eigenvalue weighted by atomic mass is 9.86. The summed E-state index contributed by atoms with van der Waals surface area (Å²) in [5, 5.41) is 9.87. The highest BCUT2D eigenvalue weighted by Crippen LogP contribution is 2.48. The number of hydrogen-bond donors (Lipinski definition) is 2. The number of carbonyl (C=O) groups is 4. The molecule has 4 heterocycles. The first-order valence-electron chi connectivity index (χ1n) is 13.6. The lowest BCUT2D eigenvalue weighted by Gasteiger charge is -2.31. The molecule has 2 amide bonds. The number of fused-ring (bicyclic) bond motifs is 3. The molecule has 2 saturated heterocycles. The molecule has 40 heavy (non-hydrogen) atoms. The Labute approximate surface area is 228 Å². The molecule has 13 heteroatoms. The van der Waals surface area contributed by atoms with Gasteiger partial charge in [0.15, 0.2) is 5.78 Å². The van der Waals surface area contributed by atoms with Gasteiger partial charge in [-0.2, -0.15) is 18.3 Å². The first kappa shape index (κ1) is 28.1. The lowest BCUT2D eigenvalue weighted by Crippen LogP contribution is -2.42. The normalized spacial score (nSPS) is 21.3. The molecule has 2 fully saturated rings. The van der Waals surface area contributed by atoms with Crippen LogP contribution >= 0.6 is 0 Å². The van der Waals surface area contributed by atoms with E-state index < -0.39 is 41.1 Å². The number of nitrogens with zero attached hydrogens (tertiary/aromatic N) is 3. The molecule has 2 aromatic heterocycles. The molecule has 5 rings (SSSR count). The number of carbonyl (C=O) groups excluding carboxylic acids is 4. The van der Waals surface area contributed by atoms with Gasteiger partial charge in [0.1, 0.15) is 11.3 Å². The third-order valence-corrected chi connectivity index (χ3v) is 8.04. The van der Waals surface area contributed by atoms with E-state index in [1.54, 1.807) is 22.7 Å². The van der Waals surface area contributed by atoms with Crippen LogP contribution in [0.2, 0.25) is 0 Å². The van der Waals surface area contributed by atoms with Crippen molar-refractivity contribution < 1.29 is 36.8 Å². The molecule has 0 aromatic carbocycles. The first-order chi connectivity index (χ1) is 19.0. The maximum atomic E-state index is 14.4. The summed E-state index contributed by atoms with van der Waals surface area (Å²) in [7, 11) is 0. The van der Waals surface area contributed by atoms with Crippen molar-refractivity contribution in [3.8, 4) is 11.3 Å². The lowest BCUT2D eigenvalue weighted by molar-refractivity contribution is -0.145. The van der Waals surface area contributed by atoms with Crippen LogP contribution in [0.3, 0.4) is 0 Å². The Morgan fingerprint density at radius 3 is 2.58 bits per heavy atom. The Morgan fingerprint density at radius 1 is 1.23 bits per heavy atom. The second-order valence-electron chi connectivity index (χ2n) is 10.8. The highest BCUT2D eigenvalue weighted by molar-refractivity contribution is 6.35. The van der Waals surface area contributed by atoms with E-state index in [1.807, 2.05) is 6.92 Å². The molecule has 0 saturated carbocycles. The number of furan rings is 1. The van der Waals surface area contributed by atoms with Crippen molar-refractivity contribution in [2.75, 3.05) is 26.2 Å². The minimum atomic E-state index is -4.87. The Bertz CT molecular complexity index is 1340. The van der Waals surface area contributed by atoms with Gasteiger partial charge in [-0.15, -0.1) is 0 Å². The molecule has 0 bridgehead atoms. The van der Waals surface area contributed by atoms with Gasteiger partial charge in [-0.05, 0) is 24.7 Å². The summed E-state index contributed by atoms with van der Waals surface area (Å²) in [6.07, 6.45) is -1.17. The molecule has 1 aliphatic carbocycles. The summed E-state index contributed by atoms with van der Waals surface area (Å²) >= 11 is 0. The molecule has 0 spiro atoms. The smallest absolute Gasteiger partial charge is 0.420 e. The van der Waals surface area contributed by atoms with Crippen LogP contribution in [-0.2, 0) is 33.5 Å². The zero-order chi connectivity index (χ0) is 28.8. The van der Waals surface area contributed by atoms with Gasteiger partial charge >= 0.3 is 6.18 Å². The molecule has 2 atom stereocenters. The molecule has 0 radical (unpaired) electrons. The molecule has 2 aliphatic heterocycles. The van der Waals surface area contributed by atoms with Crippen LogP contribution in [0.5, 0.6) is 0 Å². The third kappa shape index (κ3) is 5.30. The Hall–Kier alpha value is -3.48. The quantitative estimate of drug-likeness (QED) is 0.496. The Balaban J connectivity index is 1.37. The minimum absolute atomic E-state index is 0.0604. The third-order valence-electron chi connectivity index (χ3n) is 8.04. The second kappa shape index (κ2) is 10.8. The van der Waals surface area contributed by atoms with Crippen LogP contribution in [-0.4, -0.2) is 70.3 Å². The van der Waals surface area contributed by atoms with Crippen LogP contribution in [0.25, 0.3) is 11.3 Å². The number of aromatic nitrogens is 2. The monoisotopic (exact) mass is 563 g/mol. The minimum Gasteiger partial charge on any atom is -0.455 e. The molecule has 216 valence electrons. The number of rotatable bonds is 7. The van der Waals surface area contributed by atoms with E-state index in [2.05, 4.69) is 15.7 Å². The molecule has 2 N–H and O–H groups in total. The van der Waals surface area contributed by atoms with Crippen molar-refractivity contribution in [3.05, 3.63) is 28.8 Å². The van der Waals surface area contributed by atoms with E-state index in [0.29, 0.717) is 51.0 Å². The van der Waals surface area contributed by atoms with E-state index >= 15 is 0 Å². The largest absolute Gasteiger partial charge is 0.455 e. The Kier molecular flexibility index (Phi) is 7.60. The fraction of sp³-hybridized carbons (Fsp3) is 0.593. The van der Waals surface area contributed by atoms with E-state index in [4.69, 9.17) is 4.42 Å². The van der Waals surface area contributed by atoms with E-state index in [0.717, 1.165) is 0 Å². The van der Waals surface area contributed by atoms with Gasteiger partial charge in [-0.1, -0.05) is 13.8 Å². The summed E-state index contributed by atoms with van der Waals surface area (Å²) in [5.74, 6) is -2.83. The topological polar surface area (TPSA) is 127 Å². The number of hydrogen-bond acceptors (Lipinski definition) is 7. The average Bonchev–Trinajstić information content (AvgIpc) is 3.63. The van der Waals surface area contributed by atoms with Gasteiger partial charge in [0.05, 0.1) is 17.3 Å². The fourth-order valence-corrected chi connectivity index (χ4v) is 5.81. The second-order valence-corrected chi connectivity index (χ2v) is 10.8. The number of nitrogens with one attached hydrogen (secondary N) is 2. The number of ketones is 2. The SMILES string of the molecule is CCC(=O)C(=O)N1CCC(Cn2cc3c(n2)-c2c(oc(C(=O)NC[C@@H]4NCCC4=O)c2C(F)(F)F)C[C@@H]3C)CC1. The molecule has 2 aromatic rings. The number of halogens is 3. The number of amides is 2. The number of piperidine rings is 1. The predicted molar refractivity (Wildman–Crippen MR) is 135 cm³/mol. The highest BCUT2D eigenvalue weighted by Gasteiger charge is 2.46. The average molecular weight is 564 g/mol. The number of Topliss-reactive ketones (excluding diaryl/α,β-unsaturated/α-hetero) is 2. The zero-order valence-electron chi connectivity index (χ0n) is 22.4. The van der Waals surface area contributed by atoms with E-state index in [-0.39, 0.29) is 54.0 Å². The van der Waals surface area contributed by atoms with Gasteiger partial charge in [0, 0.05) is 63.7 Å². The number of alkyl halides is 3. The molecule has 10 nitrogen and oxygen atoms in total. The Morgan fingerprint density at radius 2 is 1.95 bits per heavy atom. The van der Waals surface area contributed by atoms with Crippen molar-refractivity contribution in [2.45, 2.75) is 70.6 Å². The van der Waals surface area contributed by atoms with Crippen LogP contribution in [0, 0.1) is 5.92 Å². The fourth-order valence-electron chi connectivity index (χ4n) is 5.81. The predicted octanol–water partition coefficient (Wildman–Crippen LogP) is 2.70. The van der Waals surface area contributed by atoms with Crippen molar-refractivity contribution in [1.29, 1.82) is 0 Å². The summed E-state index contributed by atoms with van der Waals surface area (Å²) < 4.78 is 50.4. The molecular weight excluding hydrogens is 531 g/mol. The standard InChI is InChI=1S/C27H32F3N5O5/c1-3-18(36)26(39)34-8-5-15(6-9-34)12-35-13-16-14(2)10-20-21(23(16)33-35)22(27(28,29)30)24(40-20)25(38)32-11-17-19(37)4-7-31-17/h13-15,17,31H,3-12H2,1-2H3,(H,32,38)/t14-,17-/m0/s1. The van der Waals surface area contributed by atoms with E-state index in [1.165, 1.54) is 0 Å². The van der Waals surface area contributed by atoms with E-state index in [9.17, 15) is 32.3 Å². The van der Waals surface area contributed by atoms with Crippen molar-refractivity contribution in [2.24, 2.45) is 5.92 Å². The van der Waals surface area contributed by atoms with Crippen LogP contribution in [0.15, 0.2) is 10.6 Å². The maximum Gasteiger partial charge on any atom is 0.420 e. The highest BCUT2D eigenvalue weighted by atomic mass is 19.4.